The van der Waals surface area contributed by atoms with Gasteiger partial charge in [0.25, 0.3) is 11.8 Å². The first-order valence-electron chi connectivity index (χ1n) is 14.0. The summed E-state index contributed by atoms with van der Waals surface area (Å²) in [5.74, 6) is -9.85. The van der Waals surface area contributed by atoms with E-state index in [0.29, 0.717) is 49.2 Å². The van der Waals surface area contributed by atoms with Crippen molar-refractivity contribution in [1.29, 1.82) is 0 Å². The zero-order chi connectivity index (χ0) is 31.4. The molecule has 0 radical (unpaired) electrons. The monoisotopic (exact) mass is 622 g/mol. The van der Waals surface area contributed by atoms with E-state index in [9.17, 15) is 19.2 Å². The Morgan fingerprint density at radius 3 is 2.37 bits per heavy atom. The van der Waals surface area contributed by atoms with E-state index in [1.165, 1.54) is 19.9 Å². The van der Waals surface area contributed by atoms with Gasteiger partial charge in [0.15, 0.2) is 6.61 Å². The Balaban J connectivity index is 1.66. The Morgan fingerprint density at radius 2 is 1.72 bits per heavy atom. The van der Waals surface area contributed by atoms with Gasteiger partial charge in [0.05, 0.1) is 19.3 Å². The van der Waals surface area contributed by atoms with Crippen LogP contribution in [0.4, 0.5) is 8.78 Å². The second-order valence-corrected chi connectivity index (χ2v) is 10.9. The smallest absolute Gasteiger partial charge is 0.383 e. The molecular weight excluding hydrogens is 586 g/mol. The summed E-state index contributed by atoms with van der Waals surface area (Å²) in [6.45, 7) is 4.98. The molecule has 0 spiro atoms. The molecule has 0 unspecified atom stereocenters. The first-order valence-corrected chi connectivity index (χ1v) is 14.4. The van der Waals surface area contributed by atoms with Crippen LogP contribution in [0.15, 0.2) is 54.6 Å². The summed E-state index contributed by atoms with van der Waals surface area (Å²) in [5.41, 5.74) is 0.677. The van der Waals surface area contributed by atoms with Crippen LogP contribution in [0.1, 0.15) is 19.4 Å². The second-order valence-electron chi connectivity index (χ2n) is 10.4. The molecule has 0 aromatic heterocycles. The number of rotatable bonds is 15. The summed E-state index contributed by atoms with van der Waals surface area (Å²) in [6, 6.07) is 12.2. The quantitative estimate of drug-likeness (QED) is 0.260. The largest absolute Gasteiger partial charge is 0.484 e. The first kappa shape index (κ1) is 33.9. The van der Waals surface area contributed by atoms with E-state index in [4.69, 9.17) is 21.1 Å². The van der Waals surface area contributed by atoms with Crippen LogP contribution in [-0.4, -0.2) is 92.4 Å². The van der Waals surface area contributed by atoms with Gasteiger partial charge in [-0.3, -0.25) is 24.1 Å². The summed E-state index contributed by atoms with van der Waals surface area (Å²) in [6.07, 6.45) is 0.00695. The van der Waals surface area contributed by atoms with Crippen molar-refractivity contribution in [3.8, 4) is 5.75 Å². The number of ether oxygens (including phenoxy) is 2. The van der Waals surface area contributed by atoms with Gasteiger partial charge in [-0.1, -0.05) is 61.8 Å². The molecule has 43 heavy (non-hydrogen) atoms. The number of carbonyl (C=O) groups is 4. The van der Waals surface area contributed by atoms with Gasteiger partial charge < -0.3 is 25.4 Å². The number of halogens is 3. The number of ketones is 1. The maximum atomic E-state index is 15.0. The van der Waals surface area contributed by atoms with Crippen molar-refractivity contribution < 1.29 is 37.4 Å². The molecule has 2 aromatic carbocycles. The third kappa shape index (κ3) is 10.6. The predicted octanol–water partition coefficient (Wildman–Crippen LogP) is 2.24. The van der Waals surface area contributed by atoms with Gasteiger partial charge in [-0.05, 0) is 29.7 Å². The molecule has 13 heteroatoms. The van der Waals surface area contributed by atoms with E-state index in [0.717, 1.165) is 0 Å². The zero-order valence-corrected chi connectivity index (χ0v) is 24.9. The molecular formula is C30H37ClF2N4O6. The molecule has 0 saturated carbocycles. The minimum absolute atomic E-state index is 0.00695. The van der Waals surface area contributed by atoms with Crippen LogP contribution in [-0.2, 0) is 30.3 Å². The van der Waals surface area contributed by atoms with Crippen molar-refractivity contribution in [2.75, 3.05) is 46.0 Å². The third-order valence-electron chi connectivity index (χ3n) is 6.76. The van der Waals surface area contributed by atoms with Gasteiger partial charge in [0.1, 0.15) is 11.8 Å². The molecule has 2 atom stereocenters. The van der Waals surface area contributed by atoms with Crippen LogP contribution >= 0.6 is 11.6 Å². The van der Waals surface area contributed by atoms with Gasteiger partial charge in [0, 0.05) is 37.6 Å². The Hall–Kier alpha value is -3.61. The Labute approximate surface area is 254 Å². The lowest BCUT2D eigenvalue weighted by Gasteiger charge is -2.28. The van der Waals surface area contributed by atoms with Crippen molar-refractivity contribution >= 4 is 35.1 Å². The summed E-state index contributed by atoms with van der Waals surface area (Å²) in [4.78, 5) is 53.4. The third-order valence-corrected chi connectivity index (χ3v) is 6.99. The van der Waals surface area contributed by atoms with Crippen molar-refractivity contribution in [2.45, 2.75) is 38.3 Å². The number of carbonyl (C=O) groups excluding carboxylic acids is 4. The van der Waals surface area contributed by atoms with Crippen LogP contribution in [0.2, 0.25) is 5.02 Å². The fraction of sp³-hybridized carbons (Fsp3) is 0.467. The molecule has 234 valence electrons. The molecule has 0 aliphatic carbocycles. The van der Waals surface area contributed by atoms with Crippen molar-refractivity contribution in [3.05, 3.63) is 65.2 Å². The number of alkyl halides is 2. The molecule has 1 heterocycles. The highest BCUT2D eigenvalue weighted by atomic mass is 35.5. The number of nitrogens with one attached hydrogen (secondary N) is 3. The van der Waals surface area contributed by atoms with Gasteiger partial charge in [-0.2, -0.15) is 8.78 Å². The van der Waals surface area contributed by atoms with E-state index in [2.05, 4.69) is 16.0 Å². The highest BCUT2D eigenvalue weighted by Crippen LogP contribution is 2.21. The topological polar surface area (TPSA) is 126 Å². The number of nitrogens with zero attached hydrogens (tertiary/aromatic N) is 1. The summed E-state index contributed by atoms with van der Waals surface area (Å²) < 4.78 is 40.8. The predicted molar refractivity (Wildman–Crippen MR) is 156 cm³/mol. The number of hydrogen-bond donors (Lipinski definition) is 3. The van der Waals surface area contributed by atoms with E-state index in [1.807, 2.05) is 4.90 Å². The van der Waals surface area contributed by atoms with E-state index >= 15 is 8.78 Å². The highest BCUT2D eigenvalue weighted by Gasteiger charge is 2.51. The van der Waals surface area contributed by atoms with Crippen LogP contribution in [0.25, 0.3) is 0 Å². The lowest BCUT2D eigenvalue weighted by molar-refractivity contribution is -0.161. The Kier molecular flexibility index (Phi) is 12.8. The lowest BCUT2D eigenvalue weighted by Crippen LogP contribution is -2.59. The summed E-state index contributed by atoms with van der Waals surface area (Å²) >= 11 is 5.94. The molecule has 0 bridgehead atoms. The van der Waals surface area contributed by atoms with Gasteiger partial charge in [-0.25, -0.2) is 0 Å². The number of hydrogen-bond acceptors (Lipinski definition) is 7. The van der Waals surface area contributed by atoms with E-state index in [1.54, 1.807) is 48.5 Å². The molecule has 1 aliphatic heterocycles. The molecule has 1 saturated heterocycles. The minimum atomic E-state index is -4.39. The summed E-state index contributed by atoms with van der Waals surface area (Å²) in [5, 5.41) is 7.44. The maximum Gasteiger partial charge on any atom is 0.383 e. The zero-order valence-electron chi connectivity index (χ0n) is 24.1. The van der Waals surface area contributed by atoms with Crippen molar-refractivity contribution in [1.82, 2.24) is 20.9 Å². The molecule has 2 aromatic rings. The number of Topliss-reactive ketones (excluding diaryl/α,β-unsaturated/α-hetero) is 1. The van der Waals surface area contributed by atoms with Crippen molar-refractivity contribution in [2.24, 2.45) is 5.92 Å². The average Bonchev–Trinajstić information content (AvgIpc) is 2.99. The molecule has 10 nitrogen and oxygen atoms in total. The molecule has 1 aliphatic rings. The van der Waals surface area contributed by atoms with Crippen LogP contribution in [0.5, 0.6) is 5.75 Å². The molecule has 1 fully saturated rings. The Morgan fingerprint density at radius 1 is 1.02 bits per heavy atom. The van der Waals surface area contributed by atoms with Crippen LogP contribution < -0.4 is 20.7 Å². The molecule has 3 rings (SSSR count). The standard InChI is InChI=1S/C30H37ClF2N4O6/c1-20(2)26(27(39)30(32,33)29(41)34-11-12-37-13-15-42-16-14-37)36-28(40)24(17-21-7-4-3-5-8-21)35-25(38)19-43-23-10-6-9-22(31)18-23/h3-10,18,20,24,26H,11-17,19H2,1-2H3,(H,34,41)(H,35,38)(H,36,40)/t24-,26-/m0/s1. The summed E-state index contributed by atoms with van der Waals surface area (Å²) in [7, 11) is 0. The first-order chi connectivity index (χ1) is 20.5. The Bertz CT molecular complexity index is 1240. The number of morpholine rings is 1. The van der Waals surface area contributed by atoms with Gasteiger partial charge in [-0.15, -0.1) is 0 Å². The van der Waals surface area contributed by atoms with Crippen LogP contribution in [0.3, 0.4) is 0 Å². The minimum Gasteiger partial charge on any atom is -0.484 e. The van der Waals surface area contributed by atoms with E-state index in [-0.39, 0.29) is 13.0 Å². The maximum absolute atomic E-state index is 15.0. The van der Waals surface area contributed by atoms with Gasteiger partial charge >= 0.3 is 5.92 Å². The van der Waals surface area contributed by atoms with Crippen LogP contribution in [0, 0.1) is 5.92 Å². The average molecular weight is 623 g/mol. The molecule has 3 amide bonds. The fourth-order valence-electron chi connectivity index (χ4n) is 4.36. The second kappa shape index (κ2) is 16.3. The number of amides is 3. The number of benzene rings is 2. The van der Waals surface area contributed by atoms with Gasteiger partial charge in [0.2, 0.25) is 11.7 Å². The normalized spacial score (nSPS) is 15.3. The lowest BCUT2D eigenvalue weighted by atomic mass is 9.94. The SMILES string of the molecule is CC(C)[C@H](NC(=O)[C@H](Cc1ccccc1)NC(=O)COc1cccc(Cl)c1)C(=O)C(F)(F)C(=O)NCCN1CCOCC1. The molecule has 3 N–H and O–H groups in total. The highest BCUT2D eigenvalue weighted by molar-refractivity contribution is 6.30. The van der Waals surface area contributed by atoms with E-state index < -0.39 is 54.0 Å². The van der Waals surface area contributed by atoms with Crippen molar-refractivity contribution in [3.63, 3.8) is 0 Å². The fourth-order valence-corrected chi connectivity index (χ4v) is 4.54.